The zero-order valence-corrected chi connectivity index (χ0v) is 19.8. The van der Waals surface area contributed by atoms with Gasteiger partial charge in [-0.3, -0.25) is 4.79 Å². The molecule has 1 unspecified atom stereocenters. The van der Waals surface area contributed by atoms with Crippen LogP contribution >= 0.6 is 0 Å². The predicted molar refractivity (Wildman–Crippen MR) is 136 cm³/mol. The second kappa shape index (κ2) is 20.9. The highest BCUT2D eigenvalue weighted by molar-refractivity contribution is 5.87. The maximum absolute atomic E-state index is 12.0. The van der Waals surface area contributed by atoms with E-state index in [2.05, 4.69) is 37.4 Å². The van der Waals surface area contributed by atoms with E-state index in [1.807, 2.05) is 61.6 Å². The van der Waals surface area contributed by atoms with Crippen LogP contribution in [0, 0.1) is 0 Å². The minimum Gasteiger partial charge on any atom is -0.388 e. The number of carbonyl (C=O) groups is 1. The number of unbranched alkanes of at least 4 members (excludes halogenated alkanes) is 3. The van der Waals surface area contributed by atoms with Gasteiger partial charge in [0, 0.05) is 12.6 Å². The van der Waals surface area contributed by atoms with Gasteiger partial charge in [0.15, 0.2) is 0 Å². The molecule has 0 heterocycles. The van der Waals surface area contributed by atoms with Crippen LogP contribution in [-0.4, -0.2) is 23.2 Å². The van der Waals surface area contributed by atoms with Crippen molar-refractivity contribution in [3.05, 3.63) is 85.1 Å². The molecule has 0 saturated carbocycles. The van der Waals surface area contributed by atoms with E-state index in [-0.39, 0.29) is 5.91 Å². The summed E-state index contributed by atoms with van der Waals surface area (Å²) in [4.78, 5) is 12.0. The van der Waals surface area contributed by atoms with E-state index in [1.165, 1.54) is 6.08 Å². The van der Waals surface area contributed by atoms with Crippen molar-refractivity contribution in [3.63, 3.8) is 0 Å². The smallest absolute Gasteiger partial charge is 0.244 e. The first kappa shape index (κ1) is 28.6. The van der Waals surface area contributed by atoms with Gasteiger partial charge in [-0.15, -0.1) is 0 Å². The summed E-state index contributed by atoms with van der Waals surface area (Å²) >= 11 is 0. The fourth-order valence-corrected chi connectivity index (χ4v) is 2.96. The van der Waals surface area contributed by atoms with Crippen LogP contribution in [0.3, 0.4) is 0 Å². The van der Waals surface area contributed by atoms with Crippen molar-refractivity contribution in [2.45, 2.75) is 77.7 Å². The molecule has 31 heavy (non-hydrogen) atoms. The predicted octanol–water partition coefficient (Wildman–Crippen LogP) is 6.91. The Balaban J connectivity index is 4.09. The zero-order chi connectivity index (χ0) is 23.0. The van der Waals surface area contributed by atoms with Crippen molar-refractivity contribution in [1.29, 1.82) is 0 Å². The maximum atomic E-state index is 12.0. The first-order valence-electron chi connectivity index (χ1n) is 11.7. The lowest BCUT2D eigenvalue weighted by Gasteiger charge is -2.28. The summed E-state index contributed by atoms with van der Waals surface area (Å²) in [5.41, 5.74) is -0.792. The number of aliphatic hydroxyl groups is 1. The number of amides is 1. The molecular weight excluding hydrogens is 382 g/mol. The average Bonchev–Trinajstić information content (AvgIpc) is 2.75. The standard InChI is InChI=1S/C28H43NO2/c1-4-7-9-10-11-12-13-14-15-16-17-18-19-20-21-23-27(30)29-26-28(31,24-6-3)25-22-8-5-2/h4,7,9-14,17-21,23,31H,5-6,8,15-16,22,24-26H2,1-3H3,(H,29,30). The summed E-state index contributed by atoms with van der Waals surface area (Å²) in [7, 11) is 0. The van der Waals surface area contributed by atoms with Gasteiger partial charge >= 0.3 is 0 Å². The van der Waals surface area contributed by atoms with Crippen LogP contribution in [0.2, 0.25) is 0 Å². The lowest BCUT2D eigenvalue weighted by Crippen LogP contribution is -2.42. The molecule has 1 amide bonds. The molecule has 172 valence electrons. The Hall–Kier alpha value is -2.39. The minimum atomic E-state index is -0.792. The molecule has 0 aromatic heterocycles. The molecule has 3 nitrogen and oxygen atoms in total. The summed E-state index contributed by atoms with van der Waals surface area (Å²) in [6, 6.07) is 0. The Morgan fingerprint density at radius 1 is 0.774 bits per heavy atom. The Kier molecular flexibility index (Phi) is 19.3. The maximum Gasteiger partial charge on any atom is 0.244 e. The quantitative estimate of drug-likeness (QED) is 0.151. The molecule has 2 N–H and O–H groups in total. The molecule has 0 bridgehead atoms. The van der Waals surface area contributed by atoms with Gasteiger partial charge in [-0.1, -0.05) is 119 Å². The largest absolute Gasteiger partial charge is 0.388 e. The van der Waals surface area contributed by atoms with Crippen LogP contribution < -0.4 is 5.32 Å². The summed E-state index contributed by atoms with van der Waals surface area (Å²) in [6.07, 6.45) is 34.8. The summed E-state index contributed by atoms with van der Waals surface area (Å²) < 4.78 is 0. The minimum absolute atomic E-state index is 0.169. The monoisotopic (exact) mass is 425 g/mol. The number of nitrogens with one attached hydrogen (secondary N) is 1. The van der Waals surface area contributed by atoms with Gasteiger partial charge in [0.25, 0.3) is 0 Å². The van der Waals surface area contributed by atoms with E-state index in [1.54, 1.807) is 6.08 Å². The average molecular weight is 426 g/mol. The van der Waals surface area contributed by atoms with E-state index >= 15 is 0 Å². The molecule has 0 aliphatic rings. The Labute approximate surface area is 190 Å². The molecule has 1 atom stereocenters. The van der Waals surface area contributed by atoms with Gasteiger partial charge in [-0.05, 0) is 32.6 Å². The van der Waals surface area contributed by atoms with Crippen molar-refractivity contribution in [3.8, 4) is 0 Å². The van der Waals surface area contributed by atoms with Gasteiger partial charge in [0.05, 0.1) is 5.60 Å². The molecule has 0 fully saturated rings. The van der Waals surface area contributed by atoms with Crippen molar-refractivity contribution < 1.29 is 9.90 Å². The molecule has 0 radical (unpaired) electrons. The highest BCUT2D eigenvalue weighted by Gasteiger charge is 2.25. The van der Waals surface area contributed by atoms with Crippen molar-refractivity contribution in [2.24, 2.45) is 0 Å². The molecule has 0 aliphatic carbocycles. The molecule has 3 heteroatoms. The fraction of sp³-hybridized carbons (Fsp3) is 0.464. The summed E-state index contributed by atoms with van der Waals surface area (Å²) in [6.45, 7) is 6.51. The lowest BCUT2D eigenvalue weighted by molar-refractivity contribution is -0.118. The first-order chi connectivity index (χ1) is 15.1. The molecule has 0 aromatic carbocycles. The van der Waals surface area contributed by atoms with Gasteiger partial charge in [0.1, 0.15) is 0 Å². The summed E-state index contributed by atoms with van der Waals surface area (Å²) in [5, 5.41) is 13.6. The molecule has 0 aromatic rings. The van der Waals surface area contributed by atoms with E-state index in [0.717, 1.165) is 44.9 Å². The van der Waals surface area contributed by atoms with Crippen molar-refractivity contribution in [1.82, 2.24) is 5.32 Å². The topological polar surface area (TPSA) is 49.3 Å². The van der Waals surface area contributed by atoms with Crippen LogP contribution in [0.15, 0.2) is 85.1 Å². The third-order valence-electron chi connectivity index (χ3n) is 4.65. The van der Waals surface area contributed by atoms with Gasteiger partial charge in [0.2, 0.25) is 5.91 Å². The number of hydrogen-bond acceptors (Lipinski definition) is 2. The SMILES string of the molecule is CC=CC=CC=CC=CCCC=CC=CC=CC(=O)NCC(O)(CCC)CCCCC. The number of allylic oxidation sites excluding steroid dienone is 13. The first-order valence-corrected chi connectivity index (χ1v) is 11.7. The van der Waals surface area contributed by atoms with Gasteiger partial charge in [-0.2, -0.15) is 0 Å². The van der Waals surface area contributed by atoms with Crippen LogP contribution in [0.25, 0.3) is 0 Å². The highest BCUT2D eigenvalue weighted by Crippen LogP contribution is 2.20. The molecular formula is C28H43NO2. The second-order valence-corrected chi connectivity index (χ2v) is 7.62. The third-order valence-corrected chi connectivity index (χ3v) is 4.65. The van der Waals surface area contributed by atoms with Crippen LogP contribution in [0.4, 0.5) is 0 Å². The van der Waals surface area contributed by atoms with E-state index < -0.39 is 5.60 Å². The van der Waals surface area contributed by atoms with Crippen LogP contribution in [-0.2, 0) is 4.79 Å². The molecule has 0 aliphatic heterocycles. The Morgan fingerprint density at radius 2 is 1.35 bits per heavy atom. The number of rotatable bonds is 17. The third kappa shape index (κ3) is 19.3. The van der Waals surface area contributed by atoms with Gasteiger partial charge < -0.3 is 10.4 Å². The van der Waals surface area contributed by atoms with Crippen molar-refractivity contribution in [2.75, 3.05) is 6.54 Å². The second-order valence-electron chi connectivity index (χ2n) is 7.62. The molecule has 0 saturated heterocycles. The van der Waals surface area contributed by atoms with Gasteiger partial charge in [-0.25, -0.2) is 0 Å². The highest BCUT2D eigenvalue weighted by atomic mass is 16.3. The number of hydrogen-bond donors (Lipinski definition) is 2. The molecule has 0 rings (SSSR count). The fourth-order valence-electron chi connectivity index (χ4n) is 2.96. The zero-order valence-electron chi connectivity index (χ0n) is 19.8. The normalized spacial score (nSPS) is 15.1. The van der Waals surface area contributed by atoms with E-state index in [0.29, 0.717) is 13.0 Å². The Morgan fingerprint density at radius 3 is 1.94 bits per heavy atom. The summed E-state index contributed by atoms with van der Waals surface area (Å²) in [5.74, 6) is -0.169. The number of carbonyl (C=O) groups excluding carboxylic acids is 1. The molecule has 0 spiro atoms. The lowest BCUT2D eigenvalue weighted by atomic mass is 9.91. The van der Waals surface area contributed by atoms with E-state index in [4.69, 9.17) is 0 Å². The van der Waals surface area contributed by atoms with Crippen molar-refractivity contribution >= 4 is 5.91 Å². The van der Waals surface area contributed by atoms with Crippen LogP contribution in [0.5, 0.6) is 0 Å². The van der Waals surface area contributed by atoms with Crippen LogP contribution in [0.1, 0.15) is 72.1 Å². The Bertz CT molecular complexity index is 650. The van der Waals surface area contributed by atoms with E-state index in [9.17, 15) is 9.90 Å².